The Morgan fingerprint density at radius 1 is 1.06 bits per heavy atom. The van der Waals surface area contributed by atoms with E-state index in [4.69, 9.17) is 9.47 Å². The molecule has 5 rings (SSSR count). The fourth-order valence-corrected chi connectivity index (χ4v) is 4.78. The number of rotatable bonds is 5. The Hall–Kier alpha value is -3.14. The molecule has 2 fully saturated rings. The van der Waals surface area contributed by atoms with Crippen molar-refractivity contribution in [2.45, 2.75) is 26.3 Å². The Bertz CT molecular complexity index is 994. The van der Waals surface area contributed by atoms with Gasteiger partial charge in [0.2, 0.25) is 18.4 Å². The van der Waals surface area contributed by atoms with Gasteiger partial charge in [0.15, 0.2) is 11.5 Å². The largest absolute Gasteiger partial charge is 0.454 e. The summed E-state index contributed by atoms with van der Waals surface area (Å²) in [5.74, 6) is 2.96. The summed E-state index contributed by atoms with van der Waals surface area (Å²) in [6.07, 6.45) is 3.64. The lowest BCUT2D eigenvalue weighted by Gasteiger charge is -2.36. The Kier molecular flexibility index (Phi) is 5.69. The van der Waals surface area contributed by atoms with E-state index in [9.17, 15) is 10.1 Å². The maximum absolute atomic E-state index is 12.0. The number of benzene rings is 1. The van der Waals surface area contributed by atoms with Crippen molar-refractivity contribution in [1.82, 2.24) is 14.9 Å². The predicted octanol–water partition coefficient (Wildman–Crippen LogP) is 2.67. The number of anilines is 2. The summed E-state index contributed by atoms with van der Waals surface area (Å²) in [7, 11) is 0. The van der Waals surface area contributed by atoms with E-state index in [2.05, 4.69) is 27.9 Å². The van der Waals surface area contributed by atoms with Gasteiger partial charge in [-0.05, 0) is 36.5 Å². The van der Waals surface area contributed by atoms with Gasteiger partial charge in [0.1, 0.15) is 6.33 Å². The SMILES string of the molecule is CC1CCCN(c2ncnc(N3CCN(Cc4ccc5c(c4)OCO5)CC3)c2[N+](=O)[O-])C1. The molecule has 0 bridgehead atoms. The van der Waals surface area contributed by atoms with Crippen molar-refractivity contribution >= 4 is 17.3 Å². The quantitative estimate of drug-likeness (QED) is 0.513. The summed E-state index contributed by atoms with van der Waals surface area (Å²) < 4.78 is 10.9. The maximum Gasteiger partial charge on any atom is 0.353 e. The summed E-state index contributed by atoms with van der Waals surface area (Å²) in [5.41, 5.74) is 1.20. The van der Waals surface area contributed by atoms with Gasteiger partial charge in [-0.15, -0.1) is 0 Å². The van der Waals surface area contributed by atoms with Crippen molar-refractivity contribution in [2.75, 3.05) is 55.9 Å². The summed E-state index contributed by atoms with van der Waals surface area (Å²) in [6.45, 7) is 7.79. The third-order valence-corrected chi connectivity index (χ3v) is 6.44. The average molecular weight is 441 g/mol. The molecule has 0 aliphatic carbocycles. The van der Waals surface area contributed by atoms with Crippen molar-refractivity contribution in [3.63, 3.8) is 0 Å². The van der Waals surface area contributed by atoms with E-state index in [1.807, 2.05) is 21.9 Å². The first kappa shape index (κ1) is 20.7. The minimum Gasteiger partial charge on any atom is -0.454 e. The van der Waals surface area contributed by atoms with Crippen LogP contribution in [0, 0.1) is 16.0 Å². The second-order valence-electron chi connectivity index (χ2n) is 8.77. The van der Waals surface area contributed by atoms with Crippen LogP contribution >= 0.6 is 0 Å². The van der Waals surface area contributed by atoms with Crippen LogP contribution in [0.25, 0.3) is 0 Å². The fourth-order valence-electron chi connectivity index (χ4n) is 4.78. The van der Waals surface area contributed by atoms with E-state index in [0.29, 0.717) is 30.6 Å². The highest BCUT2D eigenvalue weighted by molar-refractivity contribution is 5.71. The van der Waals surface area contributed by atoms with Crippen molar-refractivity contribution in [3.8, 4) is 11.5 Å². The highest BCUT2D eigenvalue weighted by Gasteiger charge is 2.33. The second-order valence-corrected chi connectivity index (χ2v) is 8.77. The maximum atomic E-state index is 12.0. The molecule has 0 radical (unpaired) electrons. The van der Waals surface area contributed by atoms with Gasteiger partial charge in [0.25, 0.3) is 0 Å². The van der Waals surface area contributed by atoms with Gasteiger partial charge in [-0.2, -0.15) is 0 Å². The predicted molar refractivity (Wildman–Crippen MR) is 119 cm³/mol. The molecule has 3 aliphatic rings. The number of nitrogens with zero attached hydrogens (tertiary/aromatic N) is 6. The number of nitro groups is 1. The Morgan fingerprint density at radius 3 is 2.56 bits per heavy atom. The number of piperazine rings is 1. The zero-order valence-corrected chi connectivity index (χ0v) is 18.3. The van der Waals surface area contributed by atoms with Crippen molar-refractivity contribution < 1.29 is 14.4 Å². The molecule has 0 spiro atoms. The topological polar surface area (TPSA) is 97.1 Å². The van der Waals surface area contributed by atoms with Gasteiger partial charge in [0.05, 0.1) is 4.92 Å². The van der Waals surface area contributed by atoms with E-state index in [0.717, 1.165) is 62.6 Å². The van der Waals surface area contributed by atoms with Crippen LogP contribution in [0.15, 0.2) is 24.5 Å². The summed E-state index contributed by atoms with van der Waals surface area (Å²) in [6, 6.07) is 6.03. The van der Waals surface area contributed by atoms with Gasteiger partial charge in [0, 0.05) is 45.8 Å². The molecule has 4 heterocycles. The molecule has 3 aliphatic heterocycles. The van der Waals surface area contributed by atoms with Crippen LogP contribution < -0.4 is 19.3 Å². The van der Waals surface area contributed by atoms with Crippen LogP contribution in [0.5, 0.6) is 11.5 Å². The van der Waals surface area contributed by atoms with Gasteiger partial charge in [-0.1, -0.05) is 13.0 Å². The molecule has 10 heteroatoms. The van der Waals surface area contributed by atoms with Crippen LogP contribution in [-0.2, 0) is 6.54 Å². The molecule has 2 aromatic rings. The zero-order valence-electron chi connectivity index (χ0n) is 18.3. The molecular weight excluding hydrogens is 412 g/mol. The number of ether oxygens (including phenoxy) is 2. The molecule has 1 aromatic carbocycles. The molecule has 1 unspecified atom stereocenters. The molecule has 2 saturated heterocycles. The van der Waals surface area contributed by atoms with E-state index in [-0.39, 0.29) is 17.4 Å². The van der Waals surface area contributed by atoms with Crippen LogP contribution in [0.1, 0.15) is 25.3 Å². The van der Waals surface area contributed by atoms with Crippen LogP contribution in [0.3, 0.4) is 0 Å². The summed E-state index contributed by atoms with van der Waals surface area (Å²) >= 11 is 0. The third-order valence-electron chi connectivity index (χ3n) is 6.44. The van der Waals surface area contributed by atoms with Crippen molar-refractivity contribution in [2.24, 2.45) is 5.92 Å². The number of hydrogen-bond acceptors (Lipinski definition) is 9. The molecular formula is C22H28N6O4. The smallest absolute Gasteiger partial charge is 0.353 e. The number of piperidine rings is 1. The minimum atomic E-state index is -0.317. The third kappa shape index (κ3) is 4.14. The Balaban J connectivity index is 1.29. The Morgan fingerprint density at radius 2 is 1.81 bits per heavy atom. The highest BCUT2D eigenvalue weighted by atomic mass is 16.7. The van der Waals surface area contributed by atoms with Crippen LogP contribution in [-0.4, -0.2) is 65.9 Å². The van der Waals surface area contributed by atoms with Gasteiger partial charge in [-0.3, -0.25) is 15.0 Å². The van der Waals surface area contributed by atoms with Gasteiger partial charge < -0.3 is 19.3 Å². The average Bonchev–Trinajstić information content (AvgIpc) is 3.27. The molecule has 0 N–H and O–H groups in total. The van der Waals surface area contributed by atoms with Crippen molar-refractivity contribution in [1.29, 1.82) is 0 Å². The first-order chi connectivity index (χ1) is 15.6. The van der Waals surface area contributed by atoms with Crippen LogP contribution in [0.2, 0.25) is 0 Å². The normalized spacial score (nSPS) is 21.1. The molecule has 1 atom stereocenters. The van der Waals surface area contributed by atoms with Gasteiger partial charge in [-0.25, -0.2) is 9.97 Å². The van der Waals surface area contributed by atoms with E-state index in [1.54, 1.807) is 0 Å². The number of fused-ring (bicyclic) bond motifs is 1. The zero-order chi connectivity index (χ0) is 22.1. The number of hydrogen-bond donors (Lipinski definition) is 0. The molecule has 170 valence electrons. The number of aromatic nitrogens is 2. The summed E-state index contributed by atoms with van der Waals surface area (Å²) in [5, 5.41) is 12.0. The van der Waals surface area contributed by atoms with E-state index < -0.39 is 0 Å². The lowest BCUT2D eigenvalue weighted by molar-refractivity contribution is -0.383. The van der Waals surface area contributed by atoms with Crippen molar-refractivity contribution in [3.05, 3.63) is 40.2 Å². The summed E-state index contributed by atoms with van der Waals surface area (Å²) in [4.78, 5) is 26.8. The first-order valence-corrected chi connectivity index (χ1v) is 11.2. The monoisotopic (exact) mass is 440 g/mol. The van der Waals surface area contributed by atoms with Crippen LogP contribution in [0.4, 0.5) is 17.3 Å². The molecule has 32 heavy (non-hydrogen) atoms. The van der Waals surface area contributed by atoms with Gasteiger partial charge >= 0.3 is 5.69 Å². The standard InChI is InChI=1S/C22H28N6O4/c1-16-3-2-6-27(12-16)22-20(28(29)30)21(23-14-24-22)26-9-7-25(8-10-26)13-17-4-5-18-19(11-17)32-15-31-18/h4-5,11,14,16H,2-3,6-10,12-13,15H2,1H3. The molecule has 1 aromatic heterocycles. The molecule has 10 nitrogen and oxygen atoms in total. The fraction of sp³-hybridized carbons (Fsp3) is 0.545. The highest BCUT2D eigenvalue weighted by Crippen LogP contribution is 2.37. The lowest BCUT2D eigenvalue weighted by Crippen LogP contribution is -2.46. The minimum absolute atomic E-state index is 0.0332. The molecule has 0 amide bonds. The second kappa shape index (κ2) is 8.78. The lowest BCUT2D eigenvalue weighted by atomic mass is 10.0. The van der Waals surface area contributed by atoms with E-state index in [1.165, 1.54) is 6.33 Å². The Labute approximate surface area is 186 Å². The van der Waals surface area contributed by atoms with E-state index >= 15 is 0 Å². The molecule has 0 saturated carbocycles. The first-order valence-electron chi connectivity index (χ1n) is 11.2.